The molecule has 3 nitrogen and oxygen atoms in total. The number of ether oxygens (including phenoxy) is 1. The van der Waals surface area contributed by atoms with Crippen LogP contribution < -0.4 is 5.32 Å². The molecule has 0 radical (unpaired) electrons. The molecule has 0 spiro atoms. The summed E-state index contributed by atoms with van der Waals surface area (Å²) >= 11 is 0. The average Bonchev–Trinajstić information content (AvgIpc) is 2.64. The summed E-state index contributed by atoms with van der Waals surface area (Å²) in [6.45, 7) is 1.04. The van der Waals surface area contributed by atoms with Gasteiger partial charge in [0.15, 0.2) is 0 Å². The van der Waals surface area contributed by atoms with Gasteiger partial charge in [0.25, 0.3) is 0 Å². The van der Waals surface area contributed by atoms with Crippen molar-refractivity contribution in [2.24, 2.45) is 5.92 Å². The first-order chi connectivity index (χ1) is 7.38. The van der Waals surface area contributed by atoms with Crippen LogP contribution in [0.2, 0.25) is 0 Å². The van der Waals surface area contributed by atoms with E-state index in [0.717, 1.165) is 18.9 Å². The molecule has 1 saturated carbocycles. The molecule has 1 aliphatic heterocycles. The fourth-order valence-corrected chi connectivity index (χ4v) is 2.77. The molecule has 82 valence electrons. The number of furan rings is 1. The second kappa shape index (κ2) is 3.65. The highest BCUT2D eigenvalue weighted by Crippen LogP contribution is 2.41. The average molecular weight is 207 g/mol. The minimum atomic E-state index is 0.481. The lowest BCUT2D eigenvalue weighted by Crippen LogP contribution is -2.42. The van der Waals surface area contributed by atoms with Crippen LogP contribution in [0.5, 0.6) is 0 Å². The highest BCUT2D eigenvalue weighted by atomic mass is 16.5. The Kier molecular flexibility index (Phi) is 2.29. The van der Waals surface area contributed by atoms with Crippen LogP contribution in [0.1, 0.15) is 30.2 Å². The zero-order valence-electron chi connectivity index (χ0n) is 9.03. The number of methoxy groups -OCH3 is 1. The third-order valence-corrected chi connectivity index (χ3v) is 3.77. The van der Waals surface area contributed by atoms with E-state index >= 15 is 0 Å². The molecule has 3 heteroatoms. The van der Waals surface area contributed by atoms with Gasteiger partial charge in [-0.3, -0.25) is 0 Å². The summed E-state index contributed by atoms with van der Waals surface area (Å²) in [6, 6.07) is 2.62. The van der Waals surface area contributed by atoms with Gasteiger partial charge in [0.2, 0.25) is 0 Å². The van der Waals surface area contributed by atoms with E-state index < -0.39 is 0 Å². The molecule has 15 heavy (non-hydrogen) atoms. The summed E-state index contributed by atoms with van der Waals surface area (Å²) < 4.78 is 10.8. The highest BCUT2D eigenvalue weighted by Gasteiger charge is 2.38. The maximum Gasteiger partial charge on any atom is 0.109 e. The first-order valence-electron chi connectivity index (χ1n) is 5.71. The molecule has 0 aromatic carbocycles. The van der Waals surface area contributed by atoms with Crippen molar-refractivity contribution in [3.05, 3.63) is 23.7 Å². The monoisotopic (exact) mass is 207 g/mol. The first kappa shape index (κ1) is 9.43. The van der Waals surface area contributed by atoms with Gasteiger partial charge in [0, 0.05) is 31.7 Å². The van der Waals surface area contributed by atoms with Crippen molar-refractivity contribution < 1.29 is 9.15 Å². The number of fused-ring (bicyclic) bond motifs is 1. The summed E-state index contributed by atoms with van der Waals surface area (Å²) in [7, 11) is 1.80. The Labute approximate surface area is 89.8 Å². The van der Waals surface area contributed by atoms with Crippen molar-refractivity contribution in [2.45, 2.75) is 31.4 Å². The Bertz CT molecular complexity index is 341. The Balaban J connectivity index is 1.74. The normalized spacial score (nSPS) is 34.6. The van der Waals surface area contributed by atoms with Crippen molar-refractivity contribution in [2.75, 3.05) is 13.7 Å². The van der Waals surface area contributed by atoms with Gasteiger partial charge >= 0.3 is 0 Å². The Morgan fingerprint density at radius 3 is 3.13 bits per heavy atom. The smallest absolute Gasteiger partial charge is 0.109 e. The topological polar surface area (TPSA) is 34.4 Å². The number of nitrogens with one attached hydrogen (secondary N) is 1. The molecule has 2 heterocycles. The van der Waals surface area contributed by atoms with Crippen LogP contribution in [0.3, 0.4) is 0 Å². The summed E-state index contributed by atoms with van der Waals surface area (Å²) in [5.74, 6) is 1.91. The van der Waals surface area contributed by atoms with E-state index in [1.807, 2.05) is 6.26 Å². The van der Waals surface area contributed by atoms with Gasteiger partial charge in [-0.1, -0.05) is 0 Å². The van der Waals surface area contributed by atoms with Gasteiger partial charge in [-0.25, -0.2) is 0 Å². The van der Waals surface area contributed by atoms with Crippen molar-refractivity contribution in [3.8, 4) is 0 Å². The largest absolute Gasteiger partial charge is 0.469 e. The van der Waals surface area contributed by atoms with Crippen LogP contribution in [-0.4, -0.2) is 19.8 Å². The Hall–Kier alpha value is -0.800. The number of hydrogen-bond donors (Lipinski definition) is 1. The van der Waals surface area contributed by atoms with Gasteiger partial charge in [-0.15, -0.1) is 0 Å². The molecule has 0 saturated heterocycles. The molecule has 0 bridgehead atoms. The van der Waals surface area contributed by atoms with Crippen molar-refractivity contribution in [3.63, 3.8) is 0 Å². The predicted molar refractivity (Wildman–Crippen MR) is 56.7 cm³/mol. The predicted octanol–water partition coefficient (Wildman–Crippen LogP) is 1.89. The molecule has 1 aromatic heterocycles. The van der Waals surface area contributed by atoms with Gasteiger partial charge in [0.1, 0.15) is 5.76 Å². The standard InChI is InChI=1S/C12H17NO2/c1-14-9-6-8(7-9)12-10-3-5-15-11(10)2-4-13-12/h3,5,8-9,12-13H,2,4,6-7H2,1H3. The fourth-order valence-electron chi connectivity index (χ4n) is 2.77. The van der Waals surface area contributed by atoms with Crippen molar-refractivity contribution >= 4 is 0 Å². The maximum absolute atomic E-state index is 5.49. The number of rotatable bonds is 2. The number of hydrogen-bond acceptors (Lipinski definition) is 3. The van der Waals surface area contributed by atoms with Crippen LogP contribution in [0, 0.1) is 5.92 Å². The molecule has 1 fully saturated rings. The van der Waals surface area contributed by atoms with Crippen LogP contribution in [0.4, 0.5) is 0 Å². The van der Waals surface area contributed by atoms with Crippen molar-refractivity contribution in [1.82, 2.24) is 5.32 Å². The Morgan fingerprint density at radius 1 is 1.47 bits per heavy atom. The van der Waals surface area contributed by atoms with Crippen LogP contribution in [0.25, 0.3) is 0 Å². The van der Waals surface area contributed by atoms with E-state index in [1.54, 1.807) is 7.11 Å². The fraction of sp³-hybridized carbons (Fsp3) is 0.667. The lowest BCUT2D eigenvalue weighted by atomic mass is 9.74. The van der Waals surface area contributed by atoms with Crippen molar-refractivity contribution in [1.29, 1.82) is 0 Å². The van der Waals surface area contributed by atoms with Gasteiger partial charge < -0.3 is 14.5 Å². The van der Waals surface area contributed by atoms with Crippen LogP contribution in [-0.2, 0) is 11.2 Å². The van der Waals surface area contributed by atoms with E-state index in [2.05, 4.69) is 11.4 Å². The van der Waals surface area contributed by atoms with E-state index in [9.17, 15) is 0 Å². The lowest BCUT2D eigenvalue weighted by Gasteiger charge is -2.41. The third-order valence-electron chi connectivity index (χ3n) is 3.77. The molecule has 2 aliphatic rings. The summed E-state index contributed by atoms with van der Waals surface area (Å²) in [6.07, 6.45) is 5.68. The summed E-state index contributed by atoms with van der Waals surface area (Å²) in [5.41, 5.74) is 1.38. The second-order valence-electron chi connectivity index (χ2n) is 4.57. The molecule has 1 N–H and O–H groups in total. The quantitative estimate of drug-likeness (QED) is 0.804. The first-order valence-corrected chi connectivity index (χ1v) is 5.71. The molecule has 1 unspecified atom stereocenters. The minimum absolute atomic E-state index is 0.481. The van der Waals surface area contributed by atoms with E-state index in [-0.39, 0.29) is 0 Å². The highest BCUT2D eigenvalue weighted by molar-refractivity contribution is 5.25. The van der Waals surface area contributed by atoms with Gasteiger partial charge in [0.05, 0.1) is 12.4 Å². The summed E-state index contributed by atoms with van der Waals surface area (Å²) in [4.78, 5) is 0. The van der Waals surface area contributed by atoms with Gasteiger partial charge in [-0.05, 0) is 24.8 Å². The molecule has 3 rings (SSSR count). The second-order valence-corrected chi connectivity index (χ2v) is 4.57. The molecule has 0 amide bonds. The maximum atomic E-state index is 5.49. The minimum Gasteiger partial charge on any atom is -0.469 e. The molecule has 1 aromatic rings. The van der Waals surface area contributed by atoms with Gasteiger partial charge in [-0.2, -0.15) is 0 Å². The van der Waals surface area contributed by atoms with Crippen LogP contribution in [0.15, 0.2) is 16.7 Å². The Morgan fingerprint density at radius 2 is 2.33 bits per heavy atom. The zero-order chi connectivity index (χ0) is 10.3. The SMILES string of the molecule is COC1CC(C2NCCc3occc32)C1. The van der Waals surface area contributed by atoms with Crippen LogP contribution >= 0.6 is 0 Å². The van der Waals surface area contributed by atoms with E-state index in [1.165, 1.54) is 24.2 Å². The third kappa shape index (κ3) is 1.50. The molecule has 1 aliphatic carbocycles. The van der Waals surface area contributed by atoms with E-state index in [0.29, 0.717) is 12.1 Å². The molecular weight excluding hydrogens is 190 g/mol. The zero-order valence-corrected chi connectivity index (χ0v) is 9.03. The summed E-state index contributed by atoms with van der Waals surface area (Å²) in [5, 5.41) is 3.59. The molecular formula is C12H17NO2. The lowest BCUT2D eigenvalue weighted by molar-refractivity contribution is -0.0136. The molecule has 1 atom stereocenters. The van der Waals surface area contributed by atoms with E-state index in [4.69, 9.17) is 9.15 Å².